The van der Waals surface area contributed by atoms with Crippen LogP contribution in [-0.2, 0) is 4.79 Å². The minimum atomic E-state index is -0.707. The highest BCUT2D eigenvalue weighted by atomic mass is 16.4. The molecule has 1 atom stereocenters. The van der Waals surface area contributed by atoms with Gasteiger partial charge >= 0.3 is 5.97 Å². The molecule has 1 saturated carbocycles. The zero-order valence-electron chi connectivity index (χ0n) is 9.11. The molecule has 2 fully saturated rings. The molecule has 2 aliphatic rings. The van der Waals surface area contributed by atoms with Crippen molar-refractivity contribution in [2.45, 2.75) is 19.3 Å². The second-order valence-corrected chi connectivity index (χ2v) is 4.89. The summed E-state index contributed by atoms with van der Waals surface area (Å²) in [5, 5.41) is 12.1. The molecule has 0 aromatic carbocycles. The van der Waals surface area contributed by atoms with Crippen LogP contribution in [0.4, 0.5) is 0 Å². The van der Waals surface area contributed by atoms with E-state index >= 15 is 0 Å². The number of carboxylic acid groups (broad SMARTS) is 1. The van der Waals surface area contributed by atoms with Gasteiger partial charge in [-0.2, -0.15) is 0 Å². The lowest BCUT2D eigenvalue weighted by molar-refractivity contribution is -0.138. The van der Waals surface area contributed by atoms with Gasteiger partial charge in [-0.3, -0.25) is 9.69 Å². The molecular formula is C11H20N2O2. The third kappa shape index (κ3) is 3.80. The molecule has 0 amide bonds. The second kappa shape index (κ2) is 4.94. The quantitative estimate of drug-likeness (QED) is 0.669. The van der Waals surface area contributed by atoms with Gasteiger partial charge in [0.15, 0.2) is 0 Å². The topological polar surface area (TPSA) is 52.6 Å². The van der Waals surface area contributed by atoms with Crippen LogP contribution in [0, 0.1) is 11.8 Å². The van der Waals surface area contributed by atoms with E-state index in [0.29, 0.717) is 5.92 Å². The monoisotopic (exact) mass is 212 g/mol. The molecule has 0 spiro atoms. The predicted octanol–water partition coefficient (Wildman–Crippen LogP) is 0.392. The summed E-state index contributed by atoms with van der Waals surface area (Å²) >= 11 is 0. The molecule has 1 saturated heterocycles. The zero-order chi connectivity index (χ0) is 10.7. The molecule has 0 aromatic heterocycles. The van der Waals surface area contributed by atoms with E-state index in [1.54, 1.807) is 0 Å². The molecule has 0 radical (unpaired) electrons. The summed E-state index contributed by atoms with van der Waals surface area (Å²) in [5.74, 6) is 0.881. The fourth-order valence-electron chi connectivity index (χ4n) is 2.23. The van der Waals surface area contributed by atoms with Crippen molar-refractivity contribution >= 4 is 5.97 Å². The van der Waals surface area contributed by atoms with Crippen molar-refractivity contribution in [3.05, 3.63) is 0 Å². The smallest absolute Gasteiger partial charge is 0.317 e. The Bertz CT molecular complexity index is 229. The first-order valence-electron chi connectivity index (χ1n) is 5.89. The van der Waals surface area contributed by atoms with Gasteiger partial charge in [-0.1, -0.05) is 0 Å². The van der Waals surface area contributed by atoms with E-state index in [1.807, 2.05) is 4.90 Å². The van der Waals surface area contributed by atoms with Gasteiger partial charge in [-0.25, -0.2) is 0 Å². The minimum absolute atomic E-state index is 0.207. The van der Waals surface area contributed by atoms with Gasteiger partial charge in [-0.05, 0) is 50.7 Å². The van der Waals surface area contributed by atoms with Gasteiger partial charge in [0, 0.05) is 6.54 Å². The summed E-state index contributed by atoms with van der Waals surface area (Å²) in [5.41, 5.74) is 0. The summed E-state index contributed by atoms with van der Waals surface area (Å²) in [7, 11) is 0. The van der Waals surface area contributed by atoms with E-state index in [2.05, 4.69) is 5.32 Å². The average molecular weight is 212 g/mol. The first-order valence-corrected chi connectivity index (χ1v) is 5.89. The number of nitrogens with one attached hydrogen (secondary N) is 1. The minimum Gasteiger partial charge on any atom is -0.480 e. The number of hydrogen-bond acceptors (Lipinski definition) is 3. The van der Waals surface area contributed by atoms with Crippen LogP contribution in [0.5, 0.6) is 0 Å². The summed E-state index contributed by atoms with van der Waals surface area (Å²) in [6.45, 7) is 4.33. The highest BCUT2D eigenvalue weighted by Crippen LogP contribution is 2.27. The molecule has 15 heavy (non-hydrogen) atoms. The Balaban J connectivity index is 1.57. The van der Waals surface area contributed by atoms with Crippen molar-refractivity contribution in [1.29, 1.82) is 0 Å². The Morgan fingerprint density at radius 1 is 1.27 bits per heavy atom. The lowest BCUT2D eigenvalue weighted by Gasteiger charge is -2.13. The Morgan fingerprint density at radius 2 is 2.00 bits per heavy atom. The van der Waals surface area contributed by atoms with Crippen LogP contribution < -0.4 is 5.32 Å². The molecular weight excluding hydrogens is 192 g/mol. The van der Waals surface area contributed by atoms with Crippen molar-refractivity contribution in [2.75, 3.05) is 32.7 Å². The van der Waals surface area contributed by atoms with Crippen molar-refractivity contribution in [3.8, 4) is 0 Å². The number of carbonyl (C=O) groups is 1. The largest absolute Gasteiger partial charge is 0.480 e. The lowest BCUT2D eigenvalue weighted by Crippen LogP contribution is -2.30. The van der Waals surface area contributed by atoms with Gasteiger partial charge in [0.1, 0.15) is 0 Å². The van der Waals surface area contributed by atoms with E-state index in [0.717, 1.165) is 38.5 Å². The van der Waals surface area contributed by atoms with Crippen LogP contribution in [0.15, 0.2) is 0 Å². The number of hydrogen-bond donors (Lipinski definition) is 2. The number of nitrogens with zero attached hydrogens (tertiary/aromatic N) is 1. The Morgan fingerprint density at radius 3 is 2.67 bits per heavy atom. The van der Waals surface area contributed by atoms with Crippen LogP contribution in [0.1, 0.15) is 19.3 Å². The van der Waals surface area contributed by atoms with Gasteiger partial charge in [0.25, 0.3) is 0 Å². The van der Waals surface area contributed by atoms with Gasteiger partial charge in [0.2, 0.25) is 0 Å². The highest BCUT2D eigenvalue weighted by molar-refractivity contribution is 5.69. The molecule has 2 N–H and O–H groups in total. The third-order valence-corrected chi connectivity index (χ3v) is 3.29. The van der Waals surface area contributed by atoms with Crippen LogP contribution in [0.2, 0.25) is 0 Å². The van der Waals surface area contributed by atoms with E-state index in [1.165, 1.54) is 12.8 Å². The SMILES string of the molecule is O=C(O)CN1CCC(CNCC2CC2)C1. The molecule has 1 heterocycles. The van der Waals surface area contributed by atoms with Crippen molar-refractivity contribution in [2.24, 2.45) is 11.8 Å². The second-order valence-electron chi connectivity index (χ2n) is 4.89. The van der Waals surface area contributed by atoms with Gasteiger partial charge in [0.05, 0.1) is 6.54 Å². The fourth-order valence-corrected chi connectivity index (χ4v) is 2.23. The van der Waals surface area contributed by atoms with Crippen LogP contribution in [0.25, 0.3) is 0 Å². The molecule has 0 bridgehead atoms. The molecule has 4 nitrogen and oxygen atoms in total. The number of likely N-dealkylation sites (tertiary alicyclic amines) is 1. The Hall–Kier alpha value is -0.610. The van der Waals surface area contributed by atoms with E-state index in [9.17, 15) is 4.79 Å². The van der Waals surface area contributed by atoms with Crippen LogP contribution in [0.3, 0.4) is 0 Å². The zero-order valence-corrected chi connectivity index (χ0v) is 9.11. The predicted molar refractivity (Wildman–Crippen MR) is 57.8 cm³/mol. The molecule has 4 heteroatoms. The van der Waals surface area contributed by atoms with E-state index < -0.39 is 5.97 Å². The maximum Gasteiger partial charge on any atom is 0.317 e. The molecule has 1 aliphatic carbocycles. The molecule has 0 aromatic rings. The molecule has 86 valence electrons. The molecule has 1 unspecified atom stereocenters. The summed E-state index contributed by atoms with van der Waals surface area (Å²) < 4.78 is 0. The van der Waals surface area contributed by atoms with Crippen LogP contribution in [-0.4, -0.2) is 48.7 Å². The van der Waals surface area contributed by atoms with Gasteiger partial charge in [-0.15, -0.1) is 0 Å². The lowest BCUT2D eigenvalue weighted by atomic mass is 10.1. The average Bonchev–Trinajstić information content (AvgIpc) is 2.88. The van der Waals surface area contributed by atoms with E-state index in [-0.39, 0.29) is 6.54 Å². The third-order valence-electron chi connectivity index (χ3n) is 3.29. The van der Waals surface area contributed by atoms with Crippen LogP contribution >= 0.6 is 0 Å². The molecule has 1 aliphatic heterocycles. The van der Waals surface area contributed by atoms with Gasteiger partial charge < -0.3 is 10.4 Å². The van der Waals surface area contributed by atoms with Crippen molar-refractivity contribution in [3.63, 3.8) is 0 Å². The Labute approximate surface area is 90.6 Å². The normalized spacial score (nSPS) is 27.1. The van der Waals surface area contributed by atoms with E-state index in [4.69, 9.17) is 5.11 Å². The fraction of sp³-hybridized carbons (Fsp3) is 0.909. The summed E-state index contributed by atoms with van der Waals surface area (Å²) in [6, 6.07) is 0. The number of carboxylic acids is 1. The van der Waals surface area contributed by atoms with Crippen molar-refractivity contribution in [1.82, 2.24) is 10.2 Å². The maximum atomic E-state index is 10.5. The number of rotatable bonds is 6. The highest BCUT2D eigenvalue weighted by Gasteiger charge is 2.25. The van der Waals surface area contributed by atoms with Crippen molar-refractivity contribution < 1.29 is 9.90 Å². The standard InChI is InChI=1S/C11H20N2O2/c14-11(15)8-13-4-3-10(7-13)6-12-5-9-1-2-9/h9-10,12H,1-8H2,(H,14,15). The summed E-state index contributed by atoms with van der Waals surface area (Å²) in [6.07, 6.45) is 3.93. The first kappa shape index (κ1) is 10.9. The summed E-state index contributed by atoms with van der Waals surface area (Å²) in [4.78, 5) is 12.5. The maximum absolute atomic E-state index is 10.5. The number of aliphatic carboxylic acids is 1. The first-order chi connectivity index (χ1) is 7.24. The molecule has 2 rings (SSSR count). The Kier molecular flexibility index (Phi) is 3.59.